The fraction of sp³-hybridized carbons (Fsp3) is 0.389. The number of carbonyl (C=O) groups excluding carboxylic acids is 1. The summed E-state index contributed by atoms with van der Waals surface area (Å²) in [7, 11) is 0. The van der Waals surface area contributed by atoms with E-state index in [1.807, 2.05) is 36.4 Å². The molecular formula is C18H21N5O2. The Morgan fingerprint density at radius 2 is 2.24 bits per heavy atom. The molecule has 25 heavy (non-hydrogen) atoms. The lowest BCUT2D eigenvalue weighted by Gasteiger charge is -2.31. The summed E-state index contributed by atoms with van der Waals surface area (Å²) in [5, 5.41) is 7.02. The molecule has 130 valence electrons. The van der Waals surface area contributed by atoms with E-state index in [4.69, 9.17) is 4.42 Å². The van der Waals surface area contributed by atoms with E-state index >= 15 is 0 Å². The Labute approximate surface area is 145 Å². The van der Waals surface area contributed by atoms with Gasteiger partial charge in [-0.05, 0) is 37.8 Å². The van der Waals surface area contributed by atoms with Gasteiger partial charge in [0, 0.05) is 38.1 Å². The molecule has 1 aliphatic rings. The van der Waals surface area contributed by atoms with Crippen molar-refractivity contribution in [2.24, 2.45) is 5.92 Å². The van der Waals surface area contributed by atoms with Gasteiger partial charge in [-0.2, -0.15) is 5.10 Å². The topological polar surface area (TPSA) is 80.0 Å². The number of nitrogens with one attached hydrogen (secondary N) is 1. The highest BCUT2D eigenvalue weighted by Crippen LogP contribution is 2.22. The van der Waals surface area contributed by atoms with Crippen LogP contribution in [-0.4, -0.2) is 43.6 Å². The molecule has 3 aromatic rings. The number of rotatable bonds is 4. The predicted molar refractivity (Wildman–Crippen MR) is 91.9 cm³/mol. The number of nitrogens with zero attached hydrogens (tertiary/aromatic N) is 4. The molecule has 1 fully saturated rings. The summed E-state index contributed by atoms with van der Waals surface area (Å²) < 4.78 is 7.51. The summed E-state index contributed by atoms with van der Waals surface area (Å²) in [5.74, 6) is 2.28. The zero-order valence-corrected chi connectivity index (χ0v) is 14.2. The fourth-order valence-electron chi connectivity index (χ4n) is 3.34. The van der Waals surface area contributed by atoms with Gasteiger partial charge >= 0.3 is 0 Å². The number of hydrogen-bond acceptors (Lipinski definition) is 4. The Hall–Kier alpha value is -2.83. The Balaban J connectivity index is 1.36. The molecule has 7 heteroatoms. The van der Waals surface area contributed by atoms with Crippen LogP contribution in [0.2, 0.25) is 0 Å². The molecule has 4 rings (SSSR count). The van der Waals surface area contributed by atoms with Crippen LogP contribution in [0, 0.1) is 12.8 Å². The highest BCUT2D eigenvalue weighted by atomic mass is 16.3. The maximum atomic E-state index is 12.7. The van der Waals surface area contributed by atoms with Gasteiger partial charge < -0.3 is 13.9 Å². The molecule has 1 N–H and O–H groups in total. The van der Waals surface area contributed by atoms with E-state index in [-0.39, 0.29) is 5.91 Å². The first-order valence-corrected chi connectivity index (χ1v) is 8.57. The van der Waals surface area contributed by atoms with Crippen LogP contribution in [0.25, 0.3) is 11.5 Å². The van der Waals surface area contributed by atoms with Crippen molar-refractivity contribution < 1.29 is 9.21 Å². The second-order valence-electron chi connectivity index (χ2n) is 6.51. The first-order valence-electron chi connectivity index (χ1n) is 8.57. The molecule has 0 atom stereocenters. The zero-order valence-electron chi connectivity index (χ0n) is 14.2. The molecule has 1 aliphatic heterocycles. The summed E-state index contributed by atoms with van der Waals surface area (Å²) >= 11 is 0. The van der Waals surface area contributed by atoms with Crippen molar-refractivity contribution >= 4 is 5.91 Å². The quantitative estimate of drug-likeness (QED) is 0.792. The smallest absolute Gasteiger partial charge is 0.274 e. The first-order chi connectivity index (χ1) is 12.2. The molecule has 7 nitrogen and oxygen atoms in total. The maximum absolute atomic E-state index is 12.7. The average Bonchev–Trinajstić information content (AvgIpc) is 3.37. The van der Waals surface area contributed by atoms with Crippen molar-refractivity contribution in [3.05, 3.63) is 48.4 Å². The summed E-state index contributed by atoms with van der Waals surface area (Å²) in [6.45, 7) is 4.52. The molecule has 1 amide bonds. The number of piperidine rings is 1. The standard InChI is InChI=1S/C18H21N5O2/c1-13-19-6-9-23(13)12-14-4-7-22(8-5-14)18(24)16-11-15(20-21-16)17-3-2-10-25-17/h2-3,6,9-11,14H,4-5,7-8,12H2,1H3,(H,20,21). The van der Waals surface area contributed by atoms with Crippen LogP contribution >= 0.6 is 0 Å². The molecule has 3 aromatic heterocycles. The second kappa shape index (κ2) is 6.58. The van der Waals surface area contributed by atoms with Crippen LogP contribution < -0.4 is 0 Å². The fourth-order valence-corrected chi connectivity index (χ4v) is 3.34. The average molecular weight is 339 g/mol. The number of hydrogen-bond donors (Lipinski definition) is 1. The highest BCUT2D eigenvalue weighted by molar-refractivity contribution is 5.93. The number of furan rings is 1. The first kappa shape index (κ1) is 15.7. The molecule has 0 unspecified atom stereocenters. The summed E-state index contributed by atoms with van der Waals surface area (Å²) in [6, 6.07) is 5.40. The predicted octanol–water partition coefficient (Wildman–Crippen LogP) is 2.73. The van der Waals surface area contributed by atoms with Crippen molar-refractivity contribution in [1.82, 2.24) is 24.6 Å². The van der Waals surface area contributed by atoms with E-state index in [2.05, 4.69) is 19.7 Å². The van der Waals surface area contributed by atoms with Crippen LogP contribution in [0.4, 0.5) is 0 Å². The number of aryl methyl sites for hydroxylation is 1. The van der Waals surface area contributed by atoms with Crippen molar-refractivity contribution in [3.8, 4) is 11.5 Å². The van der Waals surface area contributed by atoms with Crippen LogP contribution in [0.5, 0.6) is 0 Å². The number of carbonyl (C=O) groups is 1. The van der Waals surface area contributed by atoms with E-state index in [9.17, 15) is 4.79 Å². The molecular weight excluding hydrogens is 318 g/mol. The second-order valence-corrected chi connectivity index (χ2v) is 6.51. The van der Waals surface area contributed by atoms with Gasteiger partial charge in [-0.15, -0.1) is 0 Å². The van der Waals surface area contributed by atoms with E-state index in [0.29, 0.717) is 17.4 Å². The van der Waals surface area contributed by atoms with Gasteiger partial charge in [-0.1, -0.05) is 0 Å². The lowest BCUT2D eigenvalue weighted by molar-refractivity contribution is 0.0676. The number of amides is 1. The third kappa shape index (κ3) is 3.22. The Morgan fingerprint density at radius 3 is 2.92 bits per heavy atom. The van der Waals surface area contributed by atoms with Gasteiger partial charge in [0.25, 0.3) is 5.91 Å². The summed E-state index contributed by atoms with van der Waals surface area (Å²) in [6.07, 6.45) is 7.46. The van der Waals surface area contributed by atoms with Gasteiger partial charge in [-0.25, -0.2) is 4.98 Å². The minimum atomic E-state index is -0.0219. The summed E-state index contributed by atoms with van der Waals surface area (Å²) in [5.41, 5.74) is 1.16. The van der Waals surface area contributed by atoms with E-state index < -0.39 is 0 Å². The SMILES string of the molecule is Cc1nccn1CC1CCN(C(=O)c2cc(-c3ccco3)[nH]n2)CC1. The van der Waals surface area contributed by atoms with Gasteiger partial charge in [0.2, 0.25) is 0 Å². The Morgan fingerprint density at radius 1 is 1.40 bits per heavy atom. The minimum Gasteiger partial charge on any atom is -0.463 e. The minimum absolute atomic E-state index is 0.0219. The number of H-pyrrole nitrogens is 1. The van der Waals surface area contributed by atoms with Crippen molar-refractivity contribution in [2.75, 3.05) is 13.1 Å². The molecule has 0 aliphatic carbocycles. The molecule has 0 saturated carbocycles. The molecule has 0 radical (unpaired) electrons. The normalized spacial score (nSPS) is 15.6. The van der Waals surface area contributed by atoms with E-state index in [0.717, 1.165) is 44.0 Å². The zero-order chi connectivity index (χ0) is 17.2. The van der Waals surface area contributed by atoms with Gasteiger partial charge in [0.05, 0.1) is 6.26 Å². The molecule has 1 saturated heterocycles. The van der Waals surface area contributed by atoms with Gasteiger partial charge in [-0.3, -0.25) is 9.89 Å². The number of imidazole rings is 1. The highest BCUT2D eigenvalue weighted by Gasteiger charge is 2.25. The molecule has 0 aromatic carbocycles. The van der Waals surface area contributed by atoms with Crippen molar-refractivity contribution in [3.63, 3.8) is 0 Å². The van der Waals surface area contributed by atoms with Crippen molar-refractivity contribution in [2.45, 2.75) is 26.3 Å². The van der Waals surface area contributed by atoms with E-state index in [1.165, 1.54) is 0 Å². The number of aromatic amines is 1. The molecule has 0 bridgehead atoms. The summed E-state index contributed by atoms with van der Waals surface area (Å²) in [4.78, 5) is 18.8. The van der Waals surface area contributed by atoms with Crippen LogP contribution in [-0.2, 0) is 6.54 Å². The van der Waals surface area contributed by atoms with Crippen LogP contribution in [0.15, 0.2) is 41.3 Å². The monoisotopic (exact) mass is 339 g/mol. The Bertz CT molecular complexity index is 841. The third-order valence-corrected chi connectivity index (χ3v) is 4.86. The molecule has 0 spiro atoms. The Kier molecular flexibility index (Phi) is 4.13. The maximum Gasteiger partial charge on any atom is 0.274 e. The van der Waals surface area contributed by atoms with Crippen LogP contribution in [0.3, 0.4) is 0 Å². The van der Waals surface area contributed by atoms with Crippen molar-refractivity contribution in [1.29, 1.82) is 0 Å². The van der Waals surface area contributed by atoms with Crippen LogP contribution in [0.1, 0.15) is 29.2 Å². The number of aromatic nitrogens is 4. The third-order valence-electron chi connectivity index (χ3n) is 4.86. The van der Waals surface area contributed by atoms with Gasteiger partial charge in [0.1, 0.15) is 11.5 Å². The van der Waals surface area contributed by atoms with E-state index in [1.54, 1.807) is 12.3 Å². The molecule has 4 heterocycles. The lowest BCUT2D eigenvalue weighted by atomic mass is 9.96. The largest absolute Gasteiger partial charge is 0.463 e. The van der Waals surface area contributed by atoms with Gasteiger partial charge in [0.15, 0.2) is 11.5 Å². The lowest BCUT2D eigenvalue weighted by Crippen LogP contribution is -2.39. The number of likely N-dealkylation sites (tertiary alicyclic amines) is 1.